The number of aromatic nitrogens is 1. The number of hydrogen-bond acceptors (Lipinski definition) is 6. The first kappa shape index (κ1) is 15.1. The molecule has 0 amide bonds. The van der Waals surface area contributed by atoms with Gasteiger partial charge < -0.3 is 5.73 Å². The van der Waals surface area contributed by atoms with Crippen LogP contribution in [0, 0.1) is 6.92 Å². The molecule has 5 nitrogen and oxygen atoms in total. The van der Waals surface area contributed by atoms with Gasteiger partial charge in [-0.1, -0.05) is 11.3 Å². The molecule has 1 aromatic heterocycles. The third-order valence-corrected chi connectivity index (χ3v) is 7.60. The topological polar surface area (TPSA) is 85.1 Å². The quantitative estimate of drug-likeness (QED) is 0.886. The average molecular weight is 321 g/mol. The average Bonchev–Trinajstić information content (AvgIpc) is 2.70. The summed E-state index contributed by atoms with van der Waals surface area (Å²) in [6, 6.07) is 0.0381. The highest BCUT2D eigenvalue weighted by molar-refractivity contribution is 7.99. The van der Waals surface area contributed by atoms with Crippen LogP contribution in [0.5, 0.6) is 0 Å². The lowest BCUT2D eigenvalue weighted by atomic mass is 9.96. The summed E-state index contributed by atoms with van der Waals surface area (Å²) in [7, 11) is -3.47. The van der Waals surface area contributed by atoms with Gasteiger partial charge in [0.05, 0.1) is 5.69 Å². The molecule has 8 heteroatoms. The zero-order chi connectivity index (χ0) is 14.0. The van der Waals surface area contributed by atoms with Crippen LogP contribution in [0.2, 0.25) is 0 Å². The first-order chi connectivity index (χ1) is 8.92. The molecule has 0 atom stereocenters. The number of rotatable bonds is 4. The van der Waals surface area contributed by atoms with Gasteiger partial charge in [0, 0.05) is 11.3 Å². The number of thioether (sulfide) groups is 1. The Labute approximate surface area is 122 Å². The molecular weight excluding hydrogens is 302 g/mol. The number of sulfonamides is 1. The van der Waals surface area contributed by atoms with Crippen molar-refractivity contribution in [2.45, 2.75) is 48.1 Å². The molecular formula is C11H19N3O2S3. The molecule has 19 heavy (non-hydrogen) atoms. The SMILES string of the molecule is CSC1CCC(NS(=O)(=O)c2sc(N)nc2C)CC1. The van der Waals surface area contributed by atoms with Crippen molar-refractivity contribution in [3.63, 3.8) is 0 Å². The fourth-order valence-corrected chi connectivity index (χ4v) is 5.71. The monoisotopic (exact) mass is 321 g/mol. The van der Waals surface area contributed by atoms with Crippen LogP contribution in [0.3, 0.4) is 0 Å². The fourth-order valence-electron chi connectivity index (χ4n) is 2.34. The van der Waals surface area contributed by atoms with Crippen LogP contribution < -0.4 is 10.5 Å². The number of anilines is 1. The zero-order valence-corrected chi connectivity index (χ0v) is 13.5. The van der Waals surface area contributed by atoms with Crippen LogP contribution >= 0.6 is 23.1 Å². The number of hydrogen-bond donors (Lipinski definition) is 2. The van der Waals surface area contributed by atoms with E-state index >= 15 is 0 Å². The van der Waals surface area contributed by atoms with Crippen molar-refractivity contribution in [2.24, 2.45) is 0 Å². The number of thiazole rings is 1. The van der Waals surface area contributed by atoms with E-state index in [1.54, 1.807) is 6.92 Å². The van der Waals surface area contributed by atoms with Crippen LogP contribution in [-0.2, 0) is 10.0 Å². The molecule has 0 unspecified atom stereocenters. The molecule has 1 heterocycles. The number of nitrogens with zero attached hydrogens (tertiary/aromatic N) is 1. The van der Waals surface area contributed by atoms with E-state index in [1.807, 2.05) is 11.8 Å². The Balaban J connectivity index is 2.04. The molecule has 1 aromatic rings. The van der Waals surface area contributed by atoms with E-state index in [0.717, 1.165) is 37.0 Å². The van der Waals surface area contributed by atoms with Gasteiger partial charge >= 0.3 is 0 Å². The molecule has 0 spiro atoms. The Morgan fingerprint density at radius 1 is 1.37 bits per heavy atom. The molecule has 0 saturated heterocycles. The highest BCUT2D eigenvalue weighted by atomic mass is 32.2. The maximum absolute atomic E-state index is 12.3. The number of aryl methyl sites for hydroxylation is 1. The van der Waals surface area contributed by atoms with Gasteiger partial charge in [0.1, 0.15) is 0 Å². The van der Waals surface area contributed by atoms with E-state index in [-0.39, 0.29) is 10.3 Å². The molecule has 1 saturated carbocycles. The van der Waals surface area contributed by atoms with E-state index in [0.29, 0.717) is 16.1 Å². The maximum Gasteiger partial charge on any atom is 0.252 e. The first-order valence-electron chi connectivity index (χ1n) is 6.20. The van der Waals surface area contributed by atoms with Crippen molar-refractivity contribution in [3.8, 4) is 0 Å². The number of nitrogen functional groups attached to an aromatic ring is 1. The standard InChI is InChI=1S/C11H19N3O2S3/c1-7-10(18-11(12)13-7)19(15,16)14-8-3-5-9(17-2)6-4-8/h8-9,14H,3-6H2,1-2H3,(H2,12,13). The molecule has 1 fully saturated rings. The molecule has 1 aliphatic carbocycles. The van der Waals surface area contributed by atoms with Crippen LogP contribution in [0.25, 0.3) is 0 Å². The zero-order valence-electron chi connectivity index (χ0n) is 11.0. The second-order valence-corrected chi connectivity index (χ2v) is 8.83. The van der Waals surface area contributed by atoms with E-state index < -0.39 is 10.0 Å². The largest absolute Gasteiger partial charge is 0.375 e. The molecule has 0 radical (unpaired) electrons. The van der Waals surface area contributed by atoms with Gasteiger partial charge in [-0.2, -0.15) is 11.8 Å². The Hall–Kier alpha value is -0.310. The summed E-state index contributed by atoms with van der Waals surface area (Å²) < 4.78 is 27.6. The summed E-state index contributed by atoms with van der Waals surface area (Å²) >= 11 is 2.89. The fraction of sp³-hybridized carbons (Fsp3) is 0.727. The normalized spacial score (nSPS) is 24.5. The van der Waals surface area contributed by atoms with Crippen molar-refractivity contribution >= 4 is 38.3 Å². The predicted molar refractivity (Wildman–Crippen MR) is 81.1 cm³/mol. The summed E-state index contributed by atoms with van der Waals surface area (Å²) in [5, 5.41) is 0.963. The highest BCUT2D eigenvalue weighted by Crippen LogP contribution is 2.29. The van der Waals surface area contributed by atoms with E-state index in [9.17, 15) is 8.42 Å². The van der Waals surface area contributed by atoms with Crippen LogP contribution in [0.4, 0.5) is 5.13 Å². The summed E-state index contributed by atoms with van der Waals surface area (Å²) in [4.78, 5) is 3.97. The molecule has 108 valence electrons. The minimum atomic E-state index is -3.47. The summed E-state index contributed by atoms with van der Waals surface area (Å²) in [5.74, 6) is 0. The summed E-state index contributed by atoms with van der Waals surface area (Å²) in [6.45, 7) is 1.67. The molecule has 3 N–H and O–H groups in total. The van der Waals surface area contributed by atoms with Crippen LogP contribution in [-0.4, -0.2) is 30.9 Å². The Kier molecular flexibility index (Phi) is 4.75. The van der Waals surface area contributed by atoms with Crippen LogP contribution in [0.1, 0.15) is 31.4 Å². The van der Waals surface area contributed by atoms with Crippen molar-refractivity contribution in [1.29, 1.82) is 0 Å². The Morgan fingerprint density at radius 2 is 2.00 bits per heavy atom. The Morgan fingerprint density at radius 3 is 2.47 bits per heavy atom. The lowest BCUT2D eigenvalue weighted by Gasteiger charge is -2.27. The maximum atomic E-state index is 12.3. The number of nitrogens with two attached hydrogens (primary N) is 1. The lowest BCUT2D eigenvalue weighted by Crippen LogP contribution is -2.38. The van der Waals surface area contributed by atoms with Gasteiger partial charge in [-0.25, -0.2) is 18.1 Å². The number of nitrogens with one attached hydrogen (secondary N) is 1. The lowest BCUT2D eigenvalue weighted by molar-refractivity contribution is 0.420. The molecule has 2 rings (SSSR count). The predicted octanol–water partition coefficient (Wildman–Crippen LogP) is 1.99. The van der Waals surface area contributed by atoms with Gasteiger partial charge in [-0.15, -0.1) is 0 Å². The van der Waals surface area contributed by atoms with Crippen molar-refractivity contribution in [2.75, 3.05) is 12.0 Å². The third kappa shape index (κ3) is 3.62. The van der Waals surface area contributed by atoms with E-state index in [1.165, 1.54) is 0 Å². The van der Waals surface area contributed by atoms with Crippen molar-refractivity contribution in [1.82, 2.24) is 9.71 Å². The second-order valence-electron chi connectivity index (χ2n) is 4.76. The third-order valence-electron chi connectivity index (χ3n) is 3.34. The first-order valence-corrected chi connectivity index (χ1v) is 9.79. The smallest absolute Gasteiger partial charge is 0.252 e. The molecule has 0 aliphatic heterocycles. The van der Waals surface area contributed by atoms with Gasteiger partial charge in [0.2, 0.25) is 0 Å². The minimum Gasteiger partial charge on any atom is -0.375 e. The molecule has 0 aromatic carbocycles. The van der Waals surface area contributed by atoms with E-state index in [4.69, 9.17) is 5.73 Å². The molecule has 1 aliphatic rings. The van der Waals surface area contributed by atoms with Crippen LogP contribution in [0.15, 0.2) is 4.21 Å². The van der Waals surface area contributed by atoms with Crippen molar-refractivity contribution in [3.05, 3.63) is 5.69 Å². The summed E-state index contributed by atoms with van der Waals surface area (Å²) in [6.07, 6.45) is 6.05. The molecule has 0 bridgehead atoms. The summed E-state index contributed by atoms with van der Waals surface area (Å²) in [5.41, 5.74) is 6.04. The highest BCUT2D eigenvalue weighted by Gasteiger charge is 2.27. The van der Waals surface area contributed by atoms with Crippen molar-refractivity contribution < 1.29 is 8.42 Å². The Bertz CT molecular complexity index is 533. The second kappa shape index (κ2) is 5.99. The van der Waals surface area contributed by atoms with Gasteiger partial charge in [0.15, 0.2) is 9.34 Å². The minimum absolute atomic E-state index is 0.0381. The van der Waals surface area contributed by atoms with Gasteiger partial charge in [-0.05, 0) is 38.9 Å². The van der Waals surface area contributed by atoms with Gasteiger partial charge in [-0.3, -0.25) is 0 Å². The van der Waals surface area contributed by atoms with Gasteiger partial charge in [0.25, 0.3) is 10.0 Å². The van der Waals surface area contributed by atoms with E-state index in [2.05, 4.69) is 16.0 Å².